The van der Waals surface area contributed by atoms with E-state index in [1.807, 2.05) is 6.07 Å². The second-order valence-corrected chi connectivity index (χ2v) is 6.17. The Hall–Kier alpha value is -1.54. The van der Waals surface area contributed by atoms with E-state index in [9.17, 15) is 0 Å². The minimum Gasteiger partial charge on any atom is -0.497 e. The molecule has 0 amide bonds. The summed E-state index contributed by atoms with van der Waals surface area (Å²) < 4.78 is 5.27. The monoisotopic (exact) mass is 269 g/mol. The molecule has 20 heavy (non-hydrogen) atoms. The third kappa shape index (κ3) is 2.80. The highest BCUT2D eigenvalue weighted by Crippen LogP contribution is 2.29. The fourth-order valence-electron chi connectivity index (χ4n) is 3.16. The van der Waals surface area contributed by atoms with E-state index in [1.165, 1.54) is 42.0 Å². The van der Waals surface area contributed by atoms with Crippen molar-refractivity contribution in [1.82, 2.24) is 5.32 Å². The Morgan fingerprint density at radius 3 is 2.50 bits per heavy atom. The normalized spacial score (nSPS) is 17.5. The van der Waals surface area contributed by atoms with E-state index in [2.05, 4.69) is 42.6 Å². The summed E-state index contributed by atoms with van der Waals surface area (Å²) in [5.74, 6) is 0.918. The Labute approximate surface area is 121 Å². The summed E-state index contributed by atoms with van der Waals surface area (Å²) in [4.78, 5) is 0. The molecule has 0 atom stereocenters. The predicted octanol–water partition coefficient (Wildman–Crippen LogP) is 4.27. The van der Waals surface area contributed by atoms with Gasteiger partial charge >= 0.3 is 0 Å². The van der Waals surface area contributed by atoms with Crippen molar-refractivity contribution in [2.24, 2.45) is 0 Å². The second-order valence-electron chi connectivity index (χ2n) is 6.17. The molecule has 0 aromatic heterocycles. The van der Waals surface area contributed by atoms with Crippen LogP contribution < -0.4 is 10.1 Å². The number of fused-ring (bicyclic) bond motifs is 1. The highest BCUT2D eigenvalue weighted by molar-refractivity contribution is 5.84. The van der Waals surface area contributed by atoms with Crippen LogP contribution in [0.15, 0.2) is 36.4 Å². The molecule has 0 saturated heterocycles. The fourth-order valence-corrected chi connectivity index (χ4v) is 3.16. The minimum absolute atomic E-state index is 0.342. The molecule has 0 spiro atoms. The van der Waals surface area contributed by atoms with Crippen LogP contribution in [-0.4, -0.2) is 12.6 Å². The molecule has 1 fully saturated rings. The number of nitrogens with one attached hydrogen (secondary N) is 1. The maximum atomic E-state index is 5.27. The molecule has 0 radical (unpaired) electrons. The summed E-state index contributed by atoms with van der Waals surface area (Å²) in [6, 6.07) is 12.9. The van der Waals surface area contributed by atoms with Crippen LogP contribution >= 0.6 is 0 Å². The van der Waals surface area contributed by atoms with Crippen molar-refractivity contribution in [3.05, 3.63) is 42.0 Å². The van der Waals surface area contributed by atoms with E-state index in [1.54, 1.807) is 7.11 Å². The van der Waals surface area contributed by atoms with Crippen LogP contribution in [0.3, 0.4) is 0 Å². The van der Waals surface area contributed by atoms with E-state index >= 15 is 0 Å². The number of hydrogen-bond donors (Lipinski definition) is 1. The van der Waals surface area contributed by atoms with Gasteiger partial charge in [-0.2, -0.15) is 0 Å². The van der Waals surface area contributed by atoms with E-state index in [0.29, 0.717) is 5.54 Å². The number of ether oxygens (including phenoxy) is 1. The van der Waals surface area contributed by atoms with E-state index in [4.69, 9.17) is 4.74 Å². The molecule has 3 rings (SSSR count). The lowest BCUT2D eigenvalue weighted by molar-refractivity contribution is 0.363. The van der Waals surface area contributed by atoms with Crippen molar-refractivity contribution in [3.63, 3.8) is 0 Å². The maximum absolute atomic E-state index is 5.27. The van der Waals surface area contributed by atoms with Gasteiger partial charge in [-0.05, 0) is 54.3 Å². The molecular weight excluding hydrogens is 246 g/mol. The van der Waals surface area contributed by atoms with Crippen LogP contribution in [-0.2, 0) is 6.54 Å². The van der Waals surface area contributed by atoms with Gasteiger partial charge in [0.15, 0.2) is 0 Å². The van der Waals surface area contributed by atoms with Crippen LogP contribution in [0.5, 0.6) is 5.75 Å². The third-order valence-electron chi connectivity index (χ3n) is 4.54. The number of benzene rings is 2. The van der Waals surface area contributed by atoms with Crippen molar-refractivity contribution in [2.45, 2.75) is 44.7 Å². The van der Waals surface area contributed by atoms with Gasteiger partial charge in [0.1, 0.15) is 5.75 Å². The lowest BCUT2D eigenvalue weighted by Crippen LogP contribution is -2.38. The van der Waals surface area contributed by atoms with Crippen molar-refractivity contribution >= 4 is 10.8 Å². The standard InChI is InChI=1S/C18H23NO/c1-18(9-3-4-10-18)19-13-14-5-6-16-12-17(20-2)8-7-15(16)11-14/h5-8,11-12,19H,3-4,9-10,13H2,1-2H3. The fraction of sp³-hybridized carbons (Fsp3) is 0.444. The van der Waals surface area contributed by atoms with Crippen molar-refractivity contribution in [3.8, 4) is 5.75 Å². The molecule has 1 N–H and O–H groups in total. The van der Waals surface area contributed by atoms with Crippen LogP contribution in [0.1, 0.15) is 38.2 Å². The Morgan fingerprint density at radius 2 is 1.75 bits per heavy atom. The summed E-state index contributed by atoms with van der Waals surface area (Å²) in [5.41, 5.74) is 1.70. The van der Waals surface area contributed by atoms with Gasteiger partial charge in [0.2, 0.25) is 0 Å². The quantitative estimate of drug-likeness (QED) is 0.895. The molecule has 2 heteroatoms. The van der Waals surface area contributed by atoms with Gasteiger partial charge in [0, 0.05) is 12.1 Å². The molecule has 0 heterocycles. The summed E-state index contributed by atoms with van der Waals surface area (Å²) in [6.07, 6.45) is 5.33. The van der Waals surface area contributed by atoms with Crippen LogP contribution in [0.25, 0.3) is 10.8 Å². The van der Waals surface area contributed by atoms with Gasteiger partial charge in [0.25, 0.3) is 0 Å². The van der Waals surface area contributed by atoms with Gasteiger partial charge in [-0.3, -0.25) is 0 Å². The summed E-state index contributed by atoms with van der Waals surface area (Å²) in [5, 5.41) is 6.25. The van der Waals surface area contributed by atoms with Crippen LogP contribution in [0.4, 0.5) is 0 Å². The predicted molar refractivity (Wildman–Crippen MR) is 84.2 cm³/mol. The van der Waals surface area contributed by atoms with Crippen LogP contribution in [0, 0.1) is 0 Å². The Bertz CT molecular complexity index is 599. The van der Waals surface area contributed by atoms with E-state index < -0.39 is 0 Å². The van der Waals surface area contributed by atoms with Crippen LogP contribution in [0.2, 0.25) is 0 Å². The van der Waals surface area contributed by atoms with E-state index in [0.717, 1.165) is 12.3 Å². The maximum Gasteiger partial charge on any atom is 0.119 e. The Balaban J connectivity index is 1.75. The SMILES string of the molecule is COc1ccc2cc(CNC3(C)CCCC3)ccc2c1. The van der Waals surface area contributed by atoms with Gasteiger partial charge in [-0.25, -0.2) is 0 Å². The molecule has 1 aliphatic rings. The zero-order chi connectivity index (χ0) is 14.0. The van der Waals surface area contributed by atoms with Crippen molar-refractivity contribution in [1.29, 1.82) is 0 Å². The summed E-state index contributed by atoms with van der Waals surface area (Å²) in [6.45, 7) is 3.31. The lowest BCUT2D eigenvalue weighted by Gasteiger charge is -2.25. The largest absolute Gasteiger partial charge is 0.497 e. The molecular formula is C18H23NO. The lowest BCUT2D eigenvalue weighted by atomic mass is 10.00. The first-order valence-corrected chi connectivity index (χ1v) is 7.50. The molecule has 2 nitrogen and oxygen atoms in total. The highest BCUT2D eigenvalue weighted by Gasteiger charge is 2.27. The number of rotatable bonds is 4. The first-order chi connectivity index (χ1) is 9.68. The first-order valence-electron chi connectivity index (χ1n) is 7.50. The number of hydrogen-bond acceptors (Lipinski definition) is 2. The second kappa shape index (κ2) is 5.45. The highest BCUT2D eigenvalue weighted by atomic mass is 16.5. The van der Waals surface area contributed by atoms with Gasteiger partial charge in [-0.15, -0.1) is 0 Å². The summed E-state index contributed by atoms with van der Waals surface area (Å²) >= 11 is 0. The van der Waals surface area contributed by atoms with Gasteiger partial charge in [-0.1, -0.05) is 31.0 Å². The molecule has 0 bridgehead atoms. The first kappa shape index (κ1) is 13.4. The molecule has 106 valence electrons. The van der Waals surface area contributed by atoms with E-state index in [-0.39, 0.29) is 0 Å². The number of methoxy groups -OCH3 is 1. The smallest absolute Gasteiger partial charge is 0.119 e. The minimum atomic E-state index is 0.342. The molecule has 1 aliphatic carbocycles. The zero-order valence-corrected chi connectivity index (χ0v) is 12.4. The molecule has 2 aromatic carbocycles. The van der Waals surface area contributed by atoms with Crippen molar-refractivity contribution < 1.29 is 4.74 Å². The Morgan fingerprint density at radius 1 is 1.05 bits per heavy atom. The average Bonchev–Trinajstić information content (AvgIpc) is 2.91. The molecule has 1 saturated carbocycles. The molecule has 0 aliphatic heterocycles. The van der Waals surface area contributed by atoms with Crippen molar-refractivity contribution in [2.75, 3.05) is 7.11 Å². The Kier molecular flexibility index (Phi) is 3.66. The average molecular weight is 269 g/mol. The summed E-state index contributed by atoms with van der Waals surface area (Å²) in [7, 11) is 1.71. The third-order valence-corrected chi connectivity index (χ3v) is 4.54. The zero-order valence-electron chi connectivity index (χ0n) is 12.4. The van der Waals surface area contributed by atoms with Gasteiger partial charge in [0.05, 0.1) is 7.11 Å². The van der Waals surface area contributed by atoms with Gasteiger partial charge < -0.3 is 10.1 Å². The topological polar surface area (TPSA) is 21.3 Å². The molecule has 0 unspecified atom stereocenters. The molecule has 2 aromatic rings.